The minimum Gasteiger partial charge on any atom is -0.478 e. The number of benzene rings is 1. The zero-order chi connectivity index (χ0) is 10.1. The molecule has 14 heavy (non-hydrogen) atoms. The molecule has 0 saturated carbocycles. The average molecular weight is 225 g/mol. The van der Waals surface area contributed by atoms with E-state index in [1.165, 1.54) is 12.1 Å². The Hall–Kier alpha value is -0.400. The Kier molecular flexibility index (Phi) is 4.76. The first-order valence-corrected chi connectivity index (χ1v) is 4.67. The van der Waals surface area contributed by atoms with Gasteiger partial charge in [-0.25, -0.2) is 4.79 Å². The van der Waals surface area contributed by atoms with E-state index >= 15 is 0 Å². The second kappa shape index (κ2) is 4.90. The summed E-state index contributed by atoms with van der Waals surface area (Å²) in [5, 5.41) is 8.55. The van der Waals surface area contributed by atoms with Gasteiger partial charge in [-0.3, -0.25) is 4.55 Å². The van der Waals surface area contributed by atoms with E-state index in [0.29, 0.717) is 0 Å². The van der Waals surface area contributed by atoms with Gasteiger partial charge < -0.3 is 5.11 Å². The van der Waals surface area contributed by atoms with Crippen molar-refractivity contribution in [1.29, 1.82) is 0 Å². The van der Waals surface area contributed by atoms with Crippen LogP contribution in [-0.4, -0.2) is 24.0 Å². The van der Waals surface area contributed by atoms with Gasteiger partial charge in [0, 0.05) is 0 Å². The molecule has 2 N–H and O–H groups in total. The van der Waals surface area contributed by atoms with Crippen LogP contribution in [0.1, 0.15) is 10.4 Å². The van der Waals surface area contributed by atoms with E-state index in [2.05, 4.69) is 0 Å². The van der Waals surface area contributed by atoms with E-state index < -0.39 is 26.5 Å². The summed E-state index contributed by atoms with van der Waals surface area (Å²) in [6.45, 7) is 0. The average Bonchev–Trinajstić information content (AvgIpc) is 2.03. The Balaban J connectivity index is 0.00000169. The second-order valence-corrected chi connectivity index (χ2v) is 3.67. The molecule has 70 valence electrons. The van der Waals surface area contributed by atoms with Crippen LogP contribution < -0.4 is 29.6 Å². The molecule has 1 aromatic rings. The van der Waals surface area contributed by atoms with E-state index in [1.54, 1.807) is 0 Å². The molecular weight excluding hydrogens is 219 g/mol. The van der Waals surface area contributed by atoms with E-state index in [1.807, 2.05) is 0 Å². The van der Waals surface area contributed by atoms with Crippen LogP contribution in [0.2, 0.25) is 0 Å². The molecule has 0 aliphatic heterocycles. The Morgan fingerprint density at radius 2 is 1.71 bits per heavy atom. The van der Waals surface area contributed by atoms with Gasteiger partial charge in [0.05, 0.1) is 5.56 Å². The standard InChI is InChI=1S/C7H6O5S.Na/c8-7(9)5-3-1-2-4-6(5)13(10,11)12;/h1-4H,(H,8,9)(H,10,11,12);/q;+1. The first kappa shape index (κ1) is 13.6. The summed E-state index contributed by atoms with van der Waals surface area (Å²) in [7, 11) is -4.46. The monoisotopic (exact) mass is 225 g/mol. The zero-order valence-corrected chi connectivity index (χ0v) is 10.2. The van der Waals surface area contributed by atoms with Crippen molar-refractivity contribution < 1.29 is 52.4 Å². The Labute approximate surface area is 103 Å². The Morgan fingerprint density at radius 1 is 1.21 bits per heavy atom. The van der Waals surface area contributed by atoms with Crippen LogP contribution in [0.4, 0.5) is 0 Å². The van der Waals surface area contributed by atoms with Gasteiger partial charge in [0.15, 0.2) is 0 Å². The van der Waals surface area contributed by atoms with Crippen LogP contribution in [0.15, 0.2) is 29.2 Å². The molecule has 0 aromatic heterocycles. The summed E-state index contributed by atoms with van der Waals surface area (Å²) < 4.78 is 29.9. The molecule has 0 radical (unpaired) electrons. The summed E-state index contributed by atoms with van der Waals surface area (Å²) in [6.07, 6.45) is 0. The molecule has 0 unspecified atom stereocenters. The first-order valence-electron chi connectivity index (χ1n) is 3.23. The smallest absolute Gasteiger partial charge is 0.478 e. The number of rotatable bonds is 2. The molecule has 0 amide bonds. The van der Waals surface area contributed by atoms with Crippen LogP contribution in [0, 0.1) is 0 Å². The third-order valence-electron chi connectivity index (χ3n) is 1.40. The van der Waals surface area contributed by atoms with Crippen molar-refractivity contribution in [3.63, 3.8) is 0 Å². The second-order valence-electron chi connectivity index (χ2n) is 2.28. The van der Waals surface area contributed by atoms with Gasteiger partial charge in [-0.1, -0.05) is 12.1 Å². The quantitative estimate of drug-likeness (QED) is 0.434. The van der Waals surface area contributed by atoms with E-state index in [4.69, 9.17) is 9.66 Å². The van der Waals surface area contributed by atoms with Crippen LogP contribution in [-0.2, 0) is 10.1 Å². The number of hydrogen-bond donors (Lipinski definition) is 2. The summed E-state index contributed by atoms with van der Waals surface area (Å²) in [4.78, 5) is 9.90. The van der Waals surface area contributed by atoms with Gasteiger partial charge >= 0.3 is 35.5 Å². The summed E-state index contributed by atoms with van der Waals surface area (Å²) in [6, 6.07) is 4.83. The van der Waals surface area contributed by atoms with Gasteiger partial charge in [-0.15, -0.1) is 0 Å². The topological polar surface area (TPSA) is 91.7 Å². The normalized spacial score (nSPS) is 10.4. The van der Waals surface area contributed by atoms with Gasteiger partial charge in [0.2, 0.25) is 0 Å². The fraction of sp³-hybridized carbons (Fsp3) is 0. The molecule has 5 nitrogen and oxygen atoms in total. The fourth-order valence-electron chi connectivity index (χ4n) is 0.868. The van der Waals surface area contributed by atoms with Crippen LogP contribution in [0.5, 0.6) is 0 Å². The van der Waals surface area contributed by atoms with Crippen LogP contribution >= 0.6 is 0 Å². The number of carboxylic acid groups (broad SMARTS) is 1. The summed E-state index contributed by atoms with van der Waals surface area (Å²) in [5.74, 6) is -1.40. The van der Waals surface area contributed by atoms with E-state index in [9.17, 15) is 13.2 Å². The van der Waals surface area contributed by atoms with E-state index in [-0.39, 0.29) is 29.6 Å². The van der Waals surface area contributed by atoms with Crippen LogP contribution in [0.3, 0.4) is 0 Å². The molecule has 1 aromatic carbocycles. The Bertz CT molecular complexity index is 439. The largest absolute Gasteiger partial charge is 1.00 e. The SMILES string of the molecule is O=C(O)c1ccccc1S(=O)(=O)O.[Na+]. The number of carbonyl (C=O) groups is 1. The van der Waals surface area contributed by atoms with Gasteiger partial charge in [-0.05, 0) is 12.1 Å². The first-order chi connectivity index (χ1) is 5.93. The molecule has 0 aliphatic carbocycles. The zero-order valence-electron chi connectivity index (χ0n) is 7.34. The van der Waals surface area contributed by atoms with Crippen LogP contribution in [0.25, 0.3) is 0 Å². The third kappa shape index (κ3) is 3.07. The molecule has 0 aliphatic rings. The maximum absolute atomic E-state index is 10.7. The van der Waals surface area contributed by atoms with Crippen molar-refractivity contribution in [3.05, 3.63) is 29.8 Å². The predicted molar refractivity (Wildman–Crippen MR) is 43.2 cm³/mol. The van der Waals surface area contributed by atoms with Crippen molar-refractivity contribution in [2.45, 2.75) is 4.90 Å². The number of hydrogen-bond acceptors (Lipinski definition) is 3. The minimum atomic E-state index is -4.46. The fourth-order valence-corrected chi connectivity index (χ4v) is 1.55. The molecule has 1 rings (SSSR count). The minimum absolute atomic E-state index is 0. The number of carboxylic acids is 1. The molecule has 7 heteroatoms. The third-order valence-corrected chi connectivity index (χ3v) is 2.31. The van der Waals surface area contributed by atoms with Gasteiger partial charge in [0.25, 0.3) is 10.1 Å². The number of aromatic carboxylic acids is 1. The summed E-state index contributed by atoms with van der Waals surface area (Å²) in [5.41, 5.74) is -0.440. The van der Waals surface area contributed by atoms with Gasteiger partial charge in [0.1, 0.15) is 4.90 Å². The van der Waals surface area contributed by atoms with Crippen molar-refractivity contribution >= 4 is 16.1 Å². The van der Waals surface area contributed by atoms with Crippen molar-refractivity contribution in [3.8, 4) is 0 Å². The van der Waals surface area contributed by atoms with E-state index in [0.717, 1.165) is 12.1 Å². The van der Waals surface area contributed by atoms with Crippen molar-refractivity contribution in [2.75, 3.05) is 0 Å². The molecule has 0 bridgehead atoms. The van der Waals surface area contributed by atoms with Crippen molar-refractivity contribution in [2.24, 2.45) is 0 Å². The molecule has 0 fully saturated rings. The molecule has 0 heterocycles. The molecule has 0 atom stereocenters. The van der Waals surface area contributed by atoms with Gasteiger partial charge in [-0.2, -0.15) is 8.42 Å². The molecule has 0 spiro atoms. The maximum atomic E-state index is 10.7. The molecule has 0 saturated heterocycles. The molecular formula is C7H6NaO5S+. The predicted octanol–water partition coefficient (Wildman–Crippen LogP) is -2.36. The summed E-state index contributed by atoms with van der Waals surface area (Å²) >= 11 is 0. The van der Waals surface area contributed by atoms with Crippen molar-refractivity contribution in [1.82, 2.24) is 0 Å². The maximum Gasteiger partial charge on any atom is 1.00 e. The Morgan fingerprint density at radius 3 is 2.07 bits per heavy atom.